The van der Waals surface area contributed by atoms with Gasteiger partial charge < -0.3 is 19.9 Å². The Morgan fingerprint density at radius 1 is 0.800 bits per heavy atom. The second-order valence-corrected chi connectivity index (χ2v) is 11.0. The molecule has 5 rings (SSSR count). The molecule has 1 aliphatic carbocycles. The number of aliphatic carboxylic acids is 1. The van der Waals surface area contributed by atoms with Gasteiger partial charge in [0.2, 0.25) is 0 Å². The smallest absolute Gasteiger partial charge is 0.407 e. The topological polar surface area (TPSA) is 84.9 Å². The molecule has 1 aliphatic rings. The highest BCUT2D eigenvalue weighted by atomic mass is 16.5. The van der Waals surface area contributed by atoms with Gasteiger partial charge in [0.1, 0.15) is 24.0 Å². The van der Waals surface area contributed by atoms with Crippen molar-refractivity contribution in [2.45, 2.75) is 44.8 Å². The fourth-order valence-electron chi connectivity index (χ4n) is 5.12. The van der Waals surface area contributed by atoms with E-state index in [0.717, 1.165) is 44.7 Å². The highest BCUT2D eigenvalue weighted by Gasteiger charge is 2.29. The van der Waals surface area contributed by atoms with Crippen molar-refractivity contribution in [3.63, 3.8) is 0 Å². The Morgan fingerprint density at radius 2 is 1.32 bits per heavy atom. The predicted octanol–water partition coefficient (Wildman–Crippen LogP) is 7.07. The lowest BCUT2D eigenvalue weighted by atomic mass is 9.98. The summed E-state index contributed by atoms with van der Waals surface area (Å²) in [4.78, 5) is 24.6. The number of benzene rings is 4. The molecule has 1 amide bonds. The number of carbonyl (C=O) groups excluding carboxylic acids is 1. The molecule has 40 heavy (non-hydrogen) atoms. The molecule has 0 radical (unpaired) electrons. The van der Waals surface area contributed by atoms with Gasteiger partial charge in [-0.1, -0.05) is 84.9 Å². The Hall–Kier alpha value is -4.58. The summed E-state index contributed by atoms with van der Waals surface area (Å²) in [5, 5.41) is 12.3. The molecule has 0 aromatic heterocycles. The Labute approximate surface area is 234 Å². The lowest BCUT2D eigenvalue weighted by Crippen LogP contribution is -2.42. The number of alkyl carbamates (subject to hydrolysis) is 1. The zero-order valence-corrected chi connectivity index (χ0v) is 22.9. The lowest BCUT2D eigenvalue weighted by Gasteiger charge is -2.21. The monoisotopic (exact) mass is 535 g/mol. The molecule has 4 aromatic carbocycles. The van der Waals surface area contributed by atoms with Crippen LogP contribution in [0.4, 0.5) is 4.79 Å². The summed E-state index contributed by atoms with van der Waals surface area (Å²) in [6.07, 6.45) is -0.610. The lowest BCUT2D eigenvalue weighted by molar-refractivity contribution is -0.139. The number of amides is 1. The first-order chi connectivity index (χ1) is 19.2. The number of hydrogen-bond acceptors (Lipinski definition) is 4. The molecular weight excluding hydrogens is 502 g/mol. The minimum Gasteiger partial charge on any atom is -0.488 e. The normalized spacial score (nSPS) is 13.2. The molecular formula is C34H33NO5. The van der Waals surface area contributed by atoms with Crippen LogP contribution >= 0.6 is 0 Å². The molecule has 0 unspecified atom stereocenters. The SMILES string of the molecule is CC(C)(C)Oc1ccc(-c2ccc(C[C@H](NC(=O)OCC3c4ccccc4-c4ccccc43)C(=O)O)cc2)cc1. The van der Waals surface area contributed by atoms with E-state index < -0.39 is 18.1 Å². The van der Waals surface area contributed by atoms with Gasteiger partial charge in [0.25, 0.3) is 0 Å². The van der Waals surface area contributed by atoms with E-state index in [1.807, 2.05) is 106 Å². The van der Waals surface area contributed by atoms with Crippen LogP contribution in [-0.4, -0.2) is 35.4 Å². The van der Waals surface area contributed by atoms with Crippen molar-refractivity contribution < 1.29 is 24.2 Å². The van der Waals surface area contributed by atoms with E-state index in [1.54, 1.807) is 0 Å². The largest absolute Gasteiger partial charge is 0.488 e. The van der Waals surface area contributed by atoms with Gasteiger partial charge in [-0.3, -0.25) is 0 Å². The van der Waals surface area contributed by atoms with Crippen molar-refractivity contribution in [3.05, 3.63) is 114 Å². The summed E-state index contributed by atoms with van der Waals surface area (Å²) in [5.74, 6) is -0.411. The number of nitrogens with one attached hydrogen (secondary N) is 1. The Balaban J connectivity index is 1.20. The molecule has 6 nitrogen and oxygen atoms in total. The summed E-state index contributed by atoms with van der Waals surface area (Å²) in [7, 11) is 0. The highest BCUT2D eigenvalue weighted by molar-refractivity contribution is 5.81. The van der Waals surface area contributed by atoms with Crippen LogP contribution in [0.5, 0.6) is 5.75 Å². The molecule has 1 atom stereocenters. The van der Waals surface area contributed by atoms with Gasteiger partial charge in [0.15, 0.2) is 0 Å². The Kier molecular flexibility index (Phi) is 7.60. The van der Waals surface area contributed by atoms with Gasteiger partial charge >= 0.3 is 12.1 Å². The van der Waals surface area contributed by atoms with Crippen LogP contribution in [0.3, 0.4) is 0 Å². The van der Waals surface area contributed by atoms with Crippen LogP contribution in [0.1, 0.15) is 43.4 Å². The van der Waals surface area contributed by atoms with Gasteiger partial charge in [-0.15, -0.1) is 0 Å². The molecule has 0 heterocycles. The van der Waals surface area contributed by atoms with E-state index in [2.05, 4.69) is 17.4 Å². The quantitative estimate of drug-likeness (QED) is 0.252. The number of carboxylic acids is 1. The maximum absolute atomic E-state index is 12.7. The summed E-state index contributed by atoms with van der Waals surface area (Å²) < 4.78 is 11.4. The van der Waals surface area contributed by atoms with Crippen molar-refractivity contribution in [1.29, 1.82) is 0 Å². The first-order valence-electron chi connectivity index (χ1n) is 13.4. The van der Waals surface area contributed by atoms with Crippen molar-refractivity contribution in [2.24, 2.45) is 0 Å². The summed E-state index contributed by atoms with van der Waals surface area (Å²) >= 11 is 0. The van der Waals surface area contributed by atoms with Crippen LogP contribution in [0.2, 0.25) is 0 Å². The minimum atomic E-state index is -1.12. The molecule has 4 aromatic rings. The minimum absolute atomic E-state index is 0.0944. The molecule has 0 saturated carbocycles. The van der Waals surface area contributed by atoms with Crippen molar-refractivity contribution in [1.82, 2.24) is 5.32 Å². The standard InChI is InChI=1S/C34H33NO5/c1-34(2,3)40-25-18-16-24(17-19-25)23-14-12-22(13-15-23)20-31(32(36)37)35-33(38)39-21-30-28-10-6-4-8-26(28)27-9-5-7-11-29(27)30/h4-19,30-31H,20-21H2,1-3H3,(H,35,38)(H,36,37)/t31-/m0/s1. The predicted molar refractivity (Wildman–Crippen MR) is 156 cm³/mol. The van der Waals surface area contributed by atoms with Gasteiger partial charge in [-0.25, -0.2) is 9.59 Å². The Bertz CT molecular complexity index is 1460. The van der Waals surface area contributed by atoms with Gasteiger partial charge in [-0.05, 0) is 71.8 Å². The third kappa shape index (κ3) is 6.18. The number of rotatable bonds is 8. The molecule has 0 bridgehead atoms. The average molecular weight is 536 g/mol. The molecule has 0 aliphatic heterocycles. The van der Waals surface area contributed by atoms with Gasteiger partial charge in [-0.2, -0.15) is 0 Å². The second kappa shape index (κ2) is 11.3. The molecule has 0 spiro atoms. The zero-order chi connectivity index (χ0) is 28.3. The molecule has 204 valence electrons. The van der Waals surface area contributed by atoms with Crippen LogP contribution in [-0.2, 0) is 16.0 Å². The van der Waals surface area contributed by atoms with Crippen LogP contribution in [0.15, 0.2) is 97.1 Å². The number of fused-ring (bicyclic) bond motifs is 3. The van der Waals surface area contributed by atoms with Crippen molar-refractivity contribution in [2.75, 3.05) is 6.61 Å². The number of carbonyl (C=O) groups is 2. The molecule has 2 N–H and O–H groups in total. The zero-order valence-electron chi connectivity index (χ0n) is 22.9. The van der Waals surface area contributed by atoms with E-state index >= 15 is 0 Å². The molecule has 0 saturated heterocycles. The number of hydrogen-bond donors (Lipinski definition) is 2. The van der Waals surface area contributed by atoms with Crippen LogP contribution < -0.4 is 10.1 Å². The number of ether oxygens (including phenoxy) is 2. The summed E-state index contributed by atoms with van der Waals surface area (Å²) in [6, 6.07) is 30.5. The maximum atomic E-state index is 12.7. The third-order valence-corrected chi connectivity index (χ3v) is 6.94. The average Bonchev–Trinajstić information content (AvgIpc) is 3.25. The van der Waals surface area contributed by atoms with Crippen LogP contribution in [0.25, 0.3) is 22.3 Å². The van der Waals surface area contributed by atoms with E-state index in [4.69, 9.17) is 9.47 Å². The molecule has 0 fully saturated rings. The van der Waals surface area contributed by atoms with Crippen LogP contribution in [0, 0.1) is 0 Å². The summed E-state index contributed by atoms with van der Waals surface area (Å²) in [6.45, 7) is 6.14. The third-order valence-electron chi connectivity index (χ3n) is 6.94. The maximum Gasteiger partial charge on any atom is 0.407 e. The number of carboxylic acid groups (broad SMARTS) is 1. The second-order valence-electron chi connectivity index (χ2n) is 11.0. The van der Waals surface area contributed by atoms with Gasteiger partial charge in [0, 0.05) is 12.3 Å². The van der Waals surface area contributed by atoms with E-state index in [0.29, 0.717) is 0 Å². The van der Waals surface area contributed by atoms with E-state index in [9.17, 15) is 14.7 Å². The van der Waals surface area contributed by atoms with Gasteiger partial charge in [0.05, 0.1) is 0 Å². The molecule has 6 heteroatoms. The van der Waals surface area contributed by atoms with Crippen molar-refractivity contribution >= 4 is 12.1 Å². The highest BCUT2D eigenvalue weighted by Crippen LogP contribution is 2.44. The fourth-order valence-corrected chi connectivity index (χ4v) is 5.12. The Morgan fingerprint density at radius 3 is 1.85 bits per heavy atom. The van der Waals surface area contributed by atoms with Crippen molar-refractivity contribution in [3.8, 4) is 28.0 Å². The fraction of sp³-hybridized carbons (Fsp3) is 0.235. The first kappa shape index (κ1) is 27.0. The first-order valence-corrected chi connectivity index (χ1v) is 13.4. The van der Waals surface area contributed by atoms with E-state index in [1.165, 1.54) is 0 Å². The van der Waals surface area contributed by atoms with E-state index in [-0.39, 0.29) is 24.5 Å². The summed E-state index contributed by atoms with van der Waals surface area (Å²) in [5.41, 5.74) is 7.02.